The van der Waals surface area contributed by atoms with Crippen molar-refractivity contribution in [3.8, 4) is 38.7 Å². The van der Waals surface area contributed by atoms with Crippen molar-refractivity contribution in [1.82, 2.24) is 35.5 Å². The van der Waals surface area contributed by atoms with Crippen LogP contribution in [0.2, 0.25) is 0 Å². The number of piperidine rings is 1. The number of aromatic nitrogens is 5. The summed E-state index contributed by atoms with van der Waals surface area (Å²) < 4.78 is 5.90. The van der Waals surface area contributed by atoms with E-state index in [2.05, 4.69) is 43.5 Å². The number of benzene rings is 2. The number of amides is 2. The lowest BCUT2D eigenvalue weighted by Gasteiger charge is -2.33. The number of thiazole rings is 1. The minimum absolute atomic E-state index is 0.0614. The Bertz CT molecular complexity index is 2790. The van der Waals surface area contributed by atoms with Gasteiger partial charge in [-0.2, -0.15) is 0 Å². The fourth-order valence-corrected chi connectivity index (χ4v) is 11.1. The van der Waals surface area contributed by atoms with Crippen LogP contribution in [0.3, 0.4) is 0 Å². The molecule has 0 spiro atoms. The summed E-state index contributed by atoms with van der Waals surface area (Å²) in [6, 6.07) is 20.3. The minimum Gasteiger partial charge on any atom is -0.507 e. The van der Waals surface area contributed by atoms with Crippen LogP contribution in [0.4, 0.5) is 5.82 Å². The molecule has 2 amide bonds. The third-order valence-electron chi connectivity index (χ3n) is 12.5. The Kier molecular flexibility index (Phi) is 11.8. The van der Waals surface area contributed by atoms with Crippen molar-refractivity contribution in [2.45, 2.75) is 84.4 Å². The van der Waals surface area contributed by atoms with Gasteiger partial charge in [-0.05, 0) is 92.0 Å². The molecule has 9 rings (SSSR count). The molecule has 2 aliphatic rings. The number of β-amino-alcohol motifs (C(OH)–C–C–N with tert-alkyl or cyclic N) is 1. The number of phenolic OH excluding ortho intramolecular Hbond substituents is 1. The van der Waals surface area contributed by atoms with Gasteiger partial charge in [0, 0.05) is 66.3 Å². The Morgan fingerprint density at radius 2 is 1.73 bits per heavy atom. The lowest BCUT2D eigenvalue weighted by atomic mass is 9.90. The van der Waals surface area contributed by atoms with Gasteiger partial charge in [0.15, 0.2) is 0 Å². The molecule has 0 aliphatic carbocycles. The number of hydrogen-bond acceptors (Lipinski definition) is 13. The van der Waals surface area contributed by atoms with E-state index in [0.717, 1.165) is 74.8 Å². The number of carbonyl (C=O) groups excluding carboxylic acids is 2. The van der Waals surface area contributed by atoms with Crippen LogP contribution >= 0.6 is 22.7 Å². The molecule has 7 heterocycles. The van der Waals surface area contributed by atoms with Crippen LogP contribution in [0.15, 0.2) is 83.0 Å². The number of aromatic hydroxyl groups is 1. The smallest absolute Gasteiger partial charge is 0.243 e. The Balaban J connectivity index is 0.840. The second-order valence-electron chi connectivity index (χ2n) is 17.1. The summed E-state index contributed by atoms with van der Waals surface area (Å²) >= 11 is 3.31. The number of aryl methyl sites for hydroxylation is 3. The summed E-state index contributed by atoms with van der Waals surface area (Å²) in [5, 5.41) is 38.6. The van der Waals surface area contributed by atoms with Crippen LogP contribution in [0.25, 0.3) is 43.2 Å². The van der Waals surface area contributed by atoms with E-state index >= 15 is 0 Å². The fraction of sp³-hybridized carbons (Fsp3) is 0.354. The van der Waals surface area contributed by atoms with E-state index in [1.807, 2.05) is 81.9 Å². The molecule has 0 radical (unpaired) electrons. The summed E-state index contributed by atoms with van der Waals surface area (Å²) in [6.45, 7) is 12.1. The number of carbonyl (C=O) groups is 2. The van der Waals surface area contributed by atoms with Crippen molar-refractivity contribution in [3.63, 3.8) is 0 Å². The fourth-order valence-electron chi connectivity index (χ4n) is 9.05. The van der Waals surface area contributed by atoms with Crippen LogP contribution in [-0.4, -0.2) is 84.0 Å². The zero-order chi connectivity index (χ0) is 43.9. The number of fused-ring (bicyclic) bond motifs is 1. The Labute approximate surface area is 373 Å². The summed E-state index contributed by atoms with van der Waals surface area (Å²) in [5.41, 5.74) is 9.77. The molecule has 15 heteroatoms. The highest BCUT2D eigenvalue weighted by Crippen LogP contribution is 2.42. The molecule has 3 N–H and O–H groups in total. The van der Waals surface area contributed by atoms with Crippen LogP contribution in [0, 0.1) is 26.7 Å². The average Bonchev–Trinajstić information content (AvgIpc) is 4.10. The third kappa shape index (κ3) is 8.44. The first-order valence-corrected chi connectivity index (χ1v) is 23.1. The van der Waals surface area contributed by atoms with Gasteiger partial charge in [-0.3, -0.25) is 9.59 Å². The number of nitrogens with one attached hydrogen (secondary N) is 1. The van der Waals surface area contributed by atoms with E-state index in [9.17, 15) is 19.8 Å². The molecule has 2 aliphatic heterocycles. The van der Waals surface area contributed by atoms with Gasteiger partial charge in [0.1, 0.15) is 39.8 Å². The molecule has 5 aromatic heterocycles. The van der Waals surface area contributed by atoms with Gasteiger partial charge in [-0.15, -0.1) is 32.9 Å². The first-order valence-electron chi connectivity index (χ1n) is 21.4. The number of aliphatic hydroxyl groups is 1. The molecule has 2 saturated heterocycles. The van der Waals surface area contributed by atoms with E-state index in [1.54, 1.807) is 40.9 Å². The van der Waals surface area contributed by atoms with Gasteiger partial charge in [-0.25, -0.2) is 9.97 Å². The minimum atomic E-state index is -0.817. The number of likely N-dealkylation sites (tertiary alicyclic amines) is 1. The lowest BCUT2D eigenvalue weighted by molar-refractivity contribution is -0.141. The molecule has 2 aromatic carbocycles. The van der Waals surface area contributed by atoms with Gasteiger partial charge in [-0.1, -0.05) is 55.4 Å². The summed E-state index contributed by atoms with van der Waals surface area (Å²) in [6.07, 6.45) is 3.12. The normalized spacial score (nSPS) is 17.5. The number of hydrogen-bond donors (Lipinski definition) is 3. The SMILES string of the molecule is Cc1cc(N2CCC(c3sc4nnc(-c5ccccc5O)cc4c3C)CC2)ncc1-c1cc([C@H](C(=O)N2C[C@H](O)C[C@H]2C(=O)NCc2ccc(-c3scnc3C)cc2)C(C)C)on1. The maximum absolute atomic E-state index is 14.3. The number of para-hydroxylation sites is 1. The zero-order valence-electron chi connectivity index (χ0n) is 35.9. The summed E-state index contributed by atoms with van der Waals surface area (Å²) in [5.74, 6) is 0.433. The second-order valence-corrected chi connectivity index (χ2v) is 19.0. The summed E-state index contributed by atoms with van der Waals surface area (Å²) in [4.78, 5) is 44.3. The number of nitrogens with zero attached hydrogens (tertiary/aromatic N) is 7. The molecule has 3 atom stereocenters. The second kappa shape index (κ2) is 17.6. The maximum Gasteiger partial charge on any atom is 0.243 e. The molecule has 2 fully saturated rings. The molecule has 0 unspecified atom stereocenters. The Morgan fingerprint density at radius 1 is 0.952 bits per heavy atom. The highest BCUT2D eigenvalue weighted by atomic mass is 32.1. The first kappa shape index (κ1) is 42.3. The van der Waals surface area contributed by atoms with Crippen molar-refractivity contribution < 1.29 is 24.3 Å². The molecule has 13 nitrogen and oxygen atoms in total. The maximum atomic E-state index is 14.3. The number of thiophene rings is 1. The van der Waals surface area contributed by atoms with Gasteiger partial charge in [0.05, 0.1) is 27.9 Å². The number of aliphatic hydroxyl groups excluding tert-OH is 1. The quantitative estimate of drug-likeness (QED) is 0.114. The van der Waals surface area contributed by atoms with Crippen LogP contribution in [0.5, 0.6) is 5.75 Å². The van der Waals surface area contributed by atoms with Gasteiger partial charge in [0.2, 0.25) is 11.8 Å². The lowest BCUT2D eigenvalue weighted by Crippen LogP contribution is -2.48. The Morgan fingerprint density at radius 3 is 2.44 bits per heavy atom. The van der Waals surface area contributed by atoms with Crippen molar-refractivity contribution >= 4 is 50.5 Å². The van der Waals surface area contributed by atoms with Crippen molar-refractivity contribution in [3.05, 3.63) is 111 Å². The van der Waals surface area contributed by atoms with E-state index in [1.165, 1.54) is 15.3 Å². The largest absolute Gasteiger partial charge is 0.507 e. The van der Waals surface area contributed by atoms with Gasteiger partial charge < -0.3 is 29.9 Å². The highest BCUT2D eigenvalue weighted by Gasteiger charge is 2.43. The average molecular weight is 883 g/mol. The first-order chi connectivity index (χ1) is 30.4. The van der Waals surface area contributed by atoms with Crippen LogP contribution in [-0.2, 0) is 16.1 Å². The standard InChI is InChI=1S/C48H50N8O5S2/c1-26(2)43(48(60)56-24-33(57)19-39(56)46(59)50-22-30-10-12-31(13-11-30)45-29(5)51-25-62-45)41-21-38(54-61-41)36-23-49-42(18-27(36)3)55-16-14-32(15-17-55)44-28(4)35-20-37(52-53-47(35)63-44)34-8-6-7-9-40(34)58/h6-13,18,20-21,23,25-26,32-33,39,43,57-58H,14-17,19,22,24H2,1-5H3,(H,50,59)/t33-,39+,43-/m1/s1. The monoisotopic (exact) mass is 882 g/mol. The van der Waals surface area contributed by atoms with Crippen molar-refractivity contribution in [1.29, 1.82) is 0 Å². The van der Waals surface area contributed by atoms with E-state index in [-0.39, 0.29) is 36.4 Å². The molecule has 63 heavy (non-hydrogen) atoms. The van der Waals surface area contributed by atoms with Crippen molar-refractivity contribution in [2.24, 2.45) is 5.92 Å². The van der Waals surface area contributed by atoms with Gasteiger partial charge in [0.25, 0.3) is 0 Å². The van der Waals surface area contributed by atoms with Crippen LogP contribution < -0.4 is 10.2 Å². The molecular formula is C48H50N8O5S2. The zero-order valence-corrected chi connectivity index (χ0v) is 37.5. The number of pyridine rings is 1. The molecule has 0 bridgehead atoms. The van der Waals surface area contributed by atoms with E-state index in [4.69, 9.17) is 9.51 Å². The highest BCUT2D eigenvalue weighted by molar-refractivity contribution is 7.19. The van der Waals surface area contributed by atoms with Crippen molar-refractivity contribution in [2.75, 3.05) is 24.5 Å². The van der Waals surface area contributed by atoms with E-state index in [0.29, 0.717) is 35.2 Å². The van der Waals surface area contributed by atoms with E-state index < -0.39 is 18.1 Å². The number of rotatable bonds is 11. The third-order valence-corrected chi connectivity index (χ3v) is 14.9. The predicted octanol–water partition coefficient (Wildman–Crippen LogP) is 8.56. The topological polar surface area (TPSA) is 171 Å². The van der Waals surface area contributed by atoms with Gasteiger partial charge >= 0.3 is 0 Å². The summed E-state index contributed by atoms with van der Waals surface area (Å²) in [7, 11) is 0. The molecule has 0 saturated carbocycles. The number of phenols is 1. The number of anilines is 1. The van der Waals surface area contributed by atoms with Crippen LogP contribution in [0.1, 0.15) is 78.0 Å². The molecular weight excluding hydrogens is 833 g/mol. The Hall–Kier alpha value is -6.03. The molecule has 7 aromatic rings. The predicted molar refractivity (Wildman–Crippen MR) is 246 cm³/mol. The molecule has 324 valence electrons.